The molecule has 0 radical (unpaired) electrons. The maximum absolute atomic E-state index is 12.3. The van der Waals surface area contributed by atoms with Crippen LogP contribution in [0.25, 0.3) is 0 Å². The number of aryl methyl sites for hydroxylation is 1. The van der Waals surface area contributed by atoms with Crippen LogP contribution in [0, 0.1) is 6.92 Å². The fourth-order valence-electron chi connectivity index (χ4n) is 3.29. The molecule has 0 bridgehead atoms. The number of hydrogen-bond donors (Lipinski definition) is 2. The van der Waals surface area contributed by atoms with Gasteiger partial charge in [0.25, 0.3) is 0 Å². The van der Waals surface area contributed by atoms with Crippen molar-refractivity contribution < 1.29 is 9.53 Å². The predicted molar refractivity (Wildman–Crippen MR) is 119 cm³/mol. The molecular formula is C21H29ClN6O2. The third-order valence-corrected chi connectivity index (χ3v) is 5.35. The smallest absolute Gasteiger partial charge is 0.226 e. The van der Waals surface area contributed by atoms with Crippen molar-refractivity contribution in [1.82, 2.24) is 20.0 Å². The number of ether oxygens (including phenoxy) is 1. The Morgan fingerprint density at radius 1 is 1.43 bits per heavy atom. The lowest BCUT2D eigenvalue weighted by atomic mass is 10.1. The normalized spacial score (nSPS) is 17.1. The first-order valence-electron chi connectivity index (χ1n) is 10.2. The first kappa shape index (κ1) is 22.1. The van der Waals surface area contributed by atoms with Crippen molar-refractivity contribution in [3.8, 4) is 0 Å². The Bertz CT molecular complexity index is 897. The zero-order valence-electron chi connectivity index (χ0n) is 17.7. The van der Waals surface area contributed by atoms with Crippen LogP contribution in [0.3, 0.4) is 0 Å². The second-order valence-corrected chi connectivity index (χ2v) is 7.61. The van der Waals surface area contributed by atoms with Crippen molar-refractivity contribution in [3.63, 3.8) is 0 Å². The van der Waals surface area contributed by atoms with Crippen molar-refractivity contribution in [2.24, 2.45) is 12.0 Å². The van der Waals surface area contributed by atoms with Gasteiger partial charge in [-0.15, -0.1) is 0 Å². The molecule has 9 heteroatoms. The largest absolute Gasteiger partial charge is 0.370 e. The van der Waals surface area contributed by atoms with Crippen molar-refractivity contribution in [2.75, 3.05) is 38.1 Å². The monoisotopic (exact) mass is 432 g/mol. The molecule has 0 saturated carbocycles. The first-order chi connectivity index (χ1) is 14.5. The number of amides is 1. The molecule has 30 heavy (non-hydrogen) atoms. The minimum Gasteiger partial charge on any atom is -0.370 e. The van der Waals surface area contributed by atoms with Gasteiger partial charge in [0.2, 0.25) is 5.91 Å². The van der Waals surface area contributed by atoms with E-state index in [2.05, 4.69) is 25.6 Å². The predicted octanol–water partition coefficient (Wildman–Crippen LogP) is 2.75. The van der Waals surface area contributed by atoms with E-state index < -0.39 is 0 Å². The van der Waals surface area contributed by atoms with Crippen LogP contribution in [0.5, 0.6) is 0 Å². The highest BCUT2D eigenvalue weighted by atomic mass is 35.5. The van der Waals surface area contributed by atoms with Crippen LogP contribution in [-0.2, 0) is 16.6 Å². The first-order valence-corrected chi connectivity index (χ1v) is 10.5. The number of halogens is 1. The van der Waals surface area contributed by atoms with Gasteiger partial charge >= 0.3 is 0 Å². The molecule has 3 rings (SSSR count). The summed E-state index contributed by atoms with van der Waals surface area (Å²) in [6.45, 7) is 7.10. The Morgan fingerprint density at radius 3 is 3.00 bits per heavy atom. The minimum atomic E-state index is -0.0878. The van der Waals surface area contributed by atoms with Gasteiger partial charge in [-0.3, -0.25) is 14.5 Å². The molecule has 1 amide bonds. The topological polar surface area (TPSA) is 83.8 Å². The number of carbonyl (C=O) groups is 1. The second kappa shape index (κ2) is 10.4. The molecule has 1 fully saturated rings. The number of guanidine groups is 1. The van der Waals surface area contributed by atoms with E-state index >= 15 is 0 Å². The van der Waals surface area contributed by atoms with Crippen LogP contribution in [0.2, 0.25) is 5.02 Å². The lowest BCUT2D eigenvalue weighted by Gasteiger charge is -2.34. The Morgan fingerprint density at radius 2 is 2.27 bits per heavy atom. The quantitative estimate of drug-likeness (QED) is 0.541. The molecule has 8 nitrogen and oxygen atoms in total. The Balaban J connectivity index is 1.58. The standard InChI is InChI=1S/C21H29ClN6O2/c1-4-23-21(28-10-11-30-19(14-28)16-12-25-27(3)13-16)24-9-8-20(29)26-18-7-5-6-17(22)15(18)2/h5-7,12-13,19H,4,8-11,14H2,1-3H3,(H,23,24)(H,26,29). The van der Waals surface area contributed by atoms with Crippen LogP contribution in [-0.4, -0.2) is 59.3 Å². The van der Waals surface area contributed by atoms with E-state index in [1.807, 2.05) is 45.4 Å². The van der Waals surface area contributed by atoms with Gasteiger partial charge in [-0.25, -0.2) is 0 Å². The van der Waals surface area contributed by atoms with Gasteiger partial charge in [-0.1, -0.05) is 17.7 Å². The summed E-state index contributed by atoms with van der Waals surface area (Å²) in [4.78, 5) is 19.2. The lowest BCUT2D eigenvalue weighted by Crippen LogP contribution is -2.48. The maximum Gasteiger partial charge on any atom is 0.226 e. The molecule has 1 atom stereocenters. The minimum absolute atomic E-state index is 0.0505. The summed E-state index contributed by atoms with van der Waals surface area (Å²) in [6, 6.07) is 5.48. The number of anilines is 1. The molecule has 0 aliphatic carbocycles. The number of carbonyl (C=O) groups excluding carboxylic acids is 1. The molecule has 1 aromatic heterocycles. The van der Waals surface area contributed by atoms with E-state index in [1.165, 1.54) is 0 Å². The molecule has 1 aliphatic heterocycles. The van der Waals surface area contributed by atoms with Crippen molar-refractivity contribution in [3.05, 3.63) is 46.7 Å². The van der Waals surface area contributed by atoms with E-state index in [9.17, 15) is 4.79 Å². The summed E-state index contributed by atoms with van der Waals surface area (Å²) >= 11 is 6.12. The average Bonchev–Trinajstić information content (AvgIpc) is 3.17. The van der Waals surface area contributed by atoms with Crippen LogP contribution < -0.4 is 10.6 Å². The average molecular weight is 433 g/mol. The molecule has 0 spiro atoms. The van der Waals surface area contributed by atoms with E-state index in [-0.39, 0.29) is 18.4 Å². The van der Waals surface area contributed by atoms with Crippen LogP contribution >= 0.6 is 11.6 Å². The Hall–Kier alpha value is -2.58. The Labute approximate surface area is 182 Å². The molecule has 162 valence electrons. The van der Waals surface area contributed by atoms with E-state index in [1.54, 1.807) is 10.7 Å². The number of benzene rings is 1. The molecule has 1 unspecified atom stereocenters. The van der Waals surface area contributed by atoms with E-state index in [0.717, 1.165) is 35.9 Å². The van der Waals surface area contributed by atoms with E-state index in [0.29, 0.717) is 24.7 Å². The second-order valence-electron chi connectivity index (χ2n) is 7.20. The molecule has 1 saturated heterocycles. The van der Waals surface area contributed by atoms with Crippen LogP contribution in [0.1, 0.15) is 30.6 Å². The summed E-state index contributed by atoms with van der Waals surface area (Å²) in [6.07, 6.45) is 4.04. The van der Waals surface area contributed by atoms with Gasteiger partial charge in [0.1, 0.15) is 6.10 Å². The van der Waals surface area contributed by atoms with Crippen molar-refractivity contribution in [1.29, 1.82) is 0 Å². The van der Waals surface area contributed by atoms with Gasteiger partial charge in [-0.05, 0) is 31.5 Å². The maximum atomic E-state index is 12.3. The summed E-state index contributed by atoms with van der Waals surface area (Å²) < 4.78 is 7.69. The molecule has 2 heterocycles. The fourth-order valence-corrected chi connectivity index (χ4v) is 3.47. The van der Waals surface area contributed by atoms with Crippen LogP contribution in [0.15, 0.2) is 35.6 Å². The van der Waals surface area contributed by atoms with Gasteiger partial charge < -0.3 is 20.3 Å². The molecule has 2 aromatic rings. The third kappa shape index (κ3) is 5.73. The van der Waals surface area contributed by atoms with Gasteiger partial charge in [-0.2, -0.15) is 5.10 Å². The number of rotatable bonds is 6. The molecular weight excluding hydrogens is 404 g/mol. The summed E-state index contributed by atoms with van der Waals surface area (Å²) in [5.74, 6) is 0.705. The zero-order chi connectivity index (χ0) is 21.5. The van der Waals surface area contributed by atoms with Gasteiger partial charge in [0.05, 0.1) is 25.9 Å². The SMILES string of the molecule is CCNC(=NCCC(=O)Nc1cccc(Cl)c1C)N1CCOC(c2cnn(C)c2)C1. The number of aromatic nitrogens is 2. The fraction of sp³-hybridized carbons (Fsp3) is 0.476. The number of hydrogen-bond acceptors (Lipinski definition) is 4. The molecule has 1 aliphatic rings. The molecule has 2 N–H and O–H groups in total. The van der Waals surface area contributed by atoms with Gasteiger partial charge in [0.15, 0.2) is 5.96 Å². The van der Waals surface area contributed by atoms with Crippen molar-refractivity contribution in [2.45, 2.75) is 26.4 Å². The van der Waals surface area contributed by atoms with Crippen LogP contribution in [0.4, 0.5) is 5.69 Å². The number of aliphatic imine (C=N–C) groups is 1. The third-order valence-electron chi connectivity index (χ3n) is 4.94. The summed E-state index contributed by atoms with van der Waals surface area (Å²) in [5, 5.41) is 11.1. The number of nitrogens with one attached hydrogen (secondary N) is 2. The van der Waals surface area contributed by atoms with Gasteiger partial charge in [0, 0.05) is 49.0 Å². The number of nitrogens with zero attached hydrogens (tertiary/aromatic N) is 4. The summed E-state index contributed by atoms with van der Waals surface area (Å²) in [7, 11) is 1.89. The summed E-state index contributed by atoms with van der Waals surface area (Å²) in [5.41, 5.74) is 2.64. The highest BCUT2D eigenvalue weighted by Crippen LogP contribution is 2.23. The highest BCUT2D eigenvalue weighted by molar-refractivity contribution is 6.31. The highest BCUT2D eigenvalue weighted by Gasteiger charge is 2.25. The molecule has 1 aromatic carbocycles. The number of morpholine rings is 1. The van der Waals surface area contributed by atoms with E-state index in [4.69, 9.17) is 16.3 Å². The zero-order valence-corrected chi connectivity index (χ0v) is 18.4. The van der Waals surface area contributed by atoms with Crippen molar-refractivity contribution >= 4 is 29.2 Å². The Kier molecular flexibility index (Phi) is 7.70. The lowest BCUT2D eigenvalue weighted by molar-refractivity contribution is -0.116.